The van der Waals surface area contributed by atoms with Crippen LogP contribution in [0.3, 0.4) is 0 Å². The summed E-state index contributed by atoms with van der Waals surface area (Å²) < 4.78 is 5.76. The van der Waals surface area contributed by atoms with E-state index in [2.05, 4.69) is 25.7 Å². The van der Waals surface area contributed by atoms with E-state index < -0.39 is 0 Å². The lowest BCUT2D eigenvalue weighted by molar-refractivity contribution is 0.101. The maximum Gasteiger partial charge on any atom is 0.163 e. The Balaban J connectivity index is 2.55. The van der Waals surface area contributed by atoms with Crippen LogP contribution in [0.4, 0.5) is 0 Å². The second-order valence-electron chi connectivity index (χ2n) is 4.79. The van der Waals surface area contributed by atoms with E-state index in [1.807, 2.05) is 24.3 Å². The highest BCUT2D eigenvalue weighted by molar-refractivity contribution is 5.96. The van der Waals surface area contributed by atoms with Gasteiger partial charge in [0.2, 0.25) is 0 Å². The first kappa shape index (κ1) is 15.7. The van der Waals surface area contributed by atoms with Gasteiger partial charge in [0.1, 0.15) is 12.4 Å². The molecule has 3 heteroatoms. The summed E-state index contributed by atoms with van der Waals surface area (Å²) in [5.41, 5.74) is 0.661. The zero-order valence-corrected chi connectivity index (χ0v) is 12.5. The van der Waals surface area contributed by atoms with Gasteiger partial charge in [0.15, 0.2) is 5.78 Å². The van der Waals surface area contributed by atoms with Crippen molar-refractivity contribution in [1.82, 2.24) is 4.90 Å². The molecule has 0 aliphatic carbocycles. The first-order chi connectivity index (χ1) is 9.10. The molecule has 0 fully saturated rings. The number of hydrogen-bond donors (Lipinski definition) is 0. The van der Waals surface area contributed by atoms with Crippen LogP contribution in [-0.4, -0.2) is 36.4 Å². The summed E-state index contributed by atoms with van der Waals surface area (Å²) in [6, 6.07) is 7.99. The van der Waals surface area contributed by atoms with Crippen LogP contribution in [0.2, 0.25) is 0 Å². The van der Waals surface area contributed by atoms with Gasteiger partial charge in [0.05, 0.1) is 5.56 Å². The number of Topliss-reactive ketones (excluding diaryl/α,β-unsaturated/α-hetero) is 1. The van der Waals surface area contributed by atoms with Crippen molar-refractivity contribution in [3.63, 3.8) is 0 Å². The Hall–Kier alpha value is -1.35. The number of rotatable bonds is 8. The van der Waals surface area contributed by atoms with Crippen LogP contribution in [0.5, 0.6) is 5.75 Å². The molecule has 1 aromatic rings. The second-order valence-corrected chi connectivity index (χ2v) is 4.79. The lowest BCUT2D eigenvalue weighted by Crippen LogP contribution is -2.35. The normalized spacial score (nSPS) is 12.5. The fourth-order valence-corrected chi connectivity index (χ4v) is 2.10. The molecule has 1 unspecified atom stereocenters. The molecule has 0 amide bonds. The monoisotopic (exact) mass is 263 g/mol. The Bertz CT molecular complexity index is 403. The topological polar surface area (TPSA) is 29.5 Å². The SMILES string of the molecule is CCC(C)N(CC)CCOc1ccccc1C(C)=O. The summed E-state index contributed by atoms with van der Waals surface area (Å²) in [4.78, 5) is 13.9. The summed E-state index contributed by atoms with van der Waals surface area (Å²) in [5, 5.41) is 0. The summed E-state index contributed by atoms with van der Waals surface area (Å²) in [6.45, 7) is 10.7. The first-order valence-electron chi connectivity index (χ1n) is 7.06. The smallest absolute Gasteiger partial charge is 0.163 e. The molecule has 0 heterocycles. The van der Waals surface area contributed by atoms with Gasteiger partial charge in [-0.15, -0.1) is 0 Å². The Morgan fingerprint density at radius 3 is 2.58 bits per heavy atom. The molecule has 3 nitrogen and oxygen atoms in total. The molecule has 0 N–H and O–H groups in total. The third-order valence-electron chi connectivity index (χ3n) is 3.52. The fourth-order valence-electron chi connectivity index (χ4n) is 2.10. The fraction of sp³-hybridized carbons (Fsp3) is 0.562. The van der Waals surface area contributed by atoms with E-state index >= 15 is 0 Å². The van der Waals surface area contributed by atoms with Crippen molar-refractivity contribution in [2.24, 2.45) is 0 Å². The molecule has 0 aliphatic rings. The highest BCUT2D eigenvalue weighted by atomic mass is 16.5. The van der Waals surface area contributed by atoms with Gasteiger partial charge in [-0.05, 0) is 38.9 Å². The lowest BCUT2D eigenvalue weighted by atomic mass is 10.1. The van der Waals surface area contributed by atoms with Crippen LogP contribution < -0.4 is 4.74 Å². The summed E-state index contributed by atoms with van der Waals surface area (Å²) >= 11 is 0. The Morgan fingerprint density at radius 1 is 1.32 bits per heavy atom. The van der Waals surface area contributed by atoms with E-state index in [4.69, 9.17) is 4.74 Å². The van der Waals surface area contributed by atoms with Crippen molar-refractivity contribution in [3.8, 4) is 5.75 Å². The average Bonchev–Trinajstić information content (AvgIpc) is 2.43. The maximum atomic E-state index is 11.5. The van der Waals surface area contributed by atoms with Gasteiger partial charge < -0.3 is 4.74 Å². The van der Waals surface area contributed by atoms with Crippen LogP contribution in [0.15, 0.2) is 24.3 Å². The van der Waals surface area contributed by atoms with E-state index in [1.165, 1.54) is 0 Å². The third-order valence-corrected chi connectivity index (χ3v) is 3.52. The largest absolute Gasteiger partial charge is 0.491 e. The quantitative estimate of drug-likeness (QED) is 0.673. The molecule has 0 saturated carbocycles. The molecular weight excluding hydrogens is 238 g/mol. The van der Waals surface area contributed by atoms with Crippen LogP contribution >= 0.6 is 0 Å². The number of carbonyl (C=O) groups is 1. The van der Waals surface area contributed by atoms with Gasteiger partial charge in [0.25, 0.3) is 0 Å². The van der Waals surface area contributed by atoms with Gasteiger partial charge in [-0.1, -0.05) is 26.0 Å². The molecule has 1 atom stereocenters. The molecule has 0 spiro atoms. The molecule has 0 aromatic heterocycles. The van der Waals surface area contributed by atoms with Gasteiger partial charge >= 0.3 is 0 Å². The van der Waals surface area contributed by atoms with Crippen LogP contribution in [0, 0.1) is 0 Å². The minimum Gasteiger partial charge on any atom is -0.491 e. The Labute approximate surface area is 116 Å². The average molecular weight is 263 g/mol. The second kappa shape index (κ2) is 7.95. The van der Waals surface area contributed by atoms with Crippen molar-refractivity contribution < 1.29 is 9.53 Å². The standard InChI is InChI=1S/C16H25NO2/c1-5-13(3)17(6-2)11-12-19-16-10-8-7-9-15(16)14(4)18/h7-10,13H,5-6,11-12H2,1-4H3. The number of para-hydroxylation sites is 1. The van der Waals surface area contributed by atoms with E-state index in [1.54, 1.807) is 6.92 Å². The molecule has 0 radical (unpaired) electrons. The van der Waals surface area contributed by atoms with Crippen molar-refractivity contribution in [3.05, 3.63) is 29.8 Å². The van der Waals surface area contributed by atoms with Crippen molar-refractivity contribution >= 4 is 5.78 Å². The summed E-state index contributed by atoms with van der Waals surface area (Å²) in [6.07, 6.45) is 1.14. The molecule has 1 aromatic carbocycles. The molecular formula is C16H25NO2. The number of hydrogen-bond acceptors (Lipinski definition) is 3. The van der Waals surface area contributed by atoms with E-state index in [0.29, 0.717) is 24.0 Å². The number of ketones is 1. The summed E-state index contributed by atoms with van der Waals surface area (Å²) in [7, 11) is 0. The maximum absolute atomic E-state index is 11.5. The van der Waals surface area contributed by atoms with Gasteiger partial charge in [0, 0.05) is 12.6 Å². The van der Waals surface area contributed by atoms with Crippen molar-refractivity contribution in [2.45, 2.75) is 40.2 Å². The minimum atomic E-state index is 0.0462. The molecule has 0 saturated heterocycles. The van der Waals surface area contributed by atoms with Crippen LogP contribution in [0.1, 0.15) is 44.5 Å². The molecule has 106 valence electrons. The van der Waals surface area contributed by atoms with Crippen molar-refractivity contribution in [1.29, 1.82) is 0 Å². The lowest BCUT2D eigenvalue weighted by Gasteiger charge is -2.26. The highest BCUT2D eigenvalue weighted by Gasteiger charge is 2.11. The van der Waals surface area contributed by atoms with E-state index in [9.17, 15) is 4.79 Å². The number of likely N-dealkylation sites (N-methyl/N-ethyl adjacent to an activating group) is 1. The molecule has 19 heavy (non-hydrogen) atoms. The van der Waals surface area contributed by atoms with E-state index in [0.717, 1.165) is 19.5 Å². The Kier molecular flexibility index (Phi) is 6.57. The summed E-state index contributed by atoms with van der Waals surface area (Å²) in [5.74, 6) is 0.736. The predicted octanol–water partition coefficient (Wildman–Crippen LogP) is 3.39. The number of benzene rings is 1. The number of ether oxygens (including phenoxy) is 1. The van der Waals surface area contributed by atoms with Crippen molar-refractivity contribution in [2.75, 3.05) is 19.7 Å². The zero-order chi connectivity index (χ0) is 14.3. The van der Waals surface area contributed by atoms with Crippen LogP contribution in [0.25, 0.3) is 0 Å². The minimum absolute atomic E-state index is 0.0462. The zero-order valence-electron chi connectivity index (χ0n) is 12.5. The van der Waals surface area contributed by atoms with Gasteiger partial charge in [-0.3, -0.25) is 9.69 Å². The predicted molar refractivity (Wildman–Crippen MR) is 78.9 cm³/mol. The molecule has 0 bridgehead atoms. The Morgan fingerprint density at radius 2 is 2.00 bits per heavy atom. The number of nitrogens with zero attached hydrogens (tertiary/aromatic N) is 1. The number of carbonyl (C=O) groups excluding carboxylic acids is 1. The van der Waals surface area contributed by atoms with Gasteiger partial charge in [-0.2, -0.15) is 0 Å². The third kappa shape index (κ3) is 4.67. The highest BCUT2D eigenvalue weighted by Crippen LogP contribution is 2.18. The molecule has 0 aliphatic heterocycles. The van der Waals surface area contributed by atoms with Gasteiger partial charge in [-0.25, -0.2) is 0 Å². The first-order valence-corrected chi connectivity index (χ1v) is 7.06. The van der Waals surface area contributed by atoms with E-state index in [-0.39, 0.29) is 5.78 Å². The van der Waals surface area contributed by atoms with Crippen LogP contribution in [-0.2, 0) is 0 Å². The molecule has 1 rings (SSSR count).